The quantitative estimate of drug-likeness (QED) is 0.379. The number of aromatic nitrogens is 1. The molecule has 0 aliphatic carbocycles. The second-order valence-electron chi connectivity index (χ2n) is 8.11. The summed E-state index contributed by atoms with van der Waals surface area (Å²) in [6, 6.07) is 22.7. The van der Waals surface area contributed by atoms with Gasteiger partial charge in [-0.1, -0.05) is 53.3 Å². The highest BCUT2D eigenvalue weighted by Crippen LogP contribution is 2.33. The molecule has 0 bridgehead atoms. The SMILES string of the molecule is O=C(NCCN1CCN(c2nc3c(Cl)cccc3s2)CC1)c1cccc(Oc2ccccc2)c1. The van der Waals surface area contributed by atoms with Crippen LogP contribution in [0.1, 0.15) is 10.4 Å². The largest absolute Gasteiger partial charge is 0.457 e. The summed E-state index contributed by atoms with van der Waals surface area (Å²) in [5.74, 6) is 1.29. The van der Waals surface area contributed by atoms with Gasteiger partial charge in [-0.15, -0.1) is 0 Å². The number of thiazole rings is 1. The van der Waals surface area contributed by atoms with E-state index >= 15 is 0 Å². The number of benzene rings is 3. The zero-order chi connectivity index (χ0) is 23.3. The summed E-state index contributed by atoms with van der Waals surface area (Å²) < 4.78 is 6.95. The van der Waals surface area contributed by atoms with Crippen LogP contribution in [-0.4, -0.2) is 55.1 Å². The molecule has 174 valence electrons. The number of amides is 1. The number of hydrogen-bond acceptors (Lipinski definition) is 6. The average molecular weight is 493 g/mol. The van der Waals surface area contributed by atoms with Crippen molar-refractivity contribution in [2.75, 3.05) is 44.2 Å². The number of anilines is 1. The maximum Gasteiger partial charge on any atom is 0.251 e. The molecule has 2 heterocycles. The fourth-order valence-electron chi connectivity index (χ4n) is 3.96. The standard InChI is InChI=1S/C26H25ClN4O2S/c27-22-10-5-11-23-24(22)29-26(34-23)31-16-14-30(15-17-31)13-12-28-25(32)19-6-4-9-21(18-19)33-20-7-2-1-3-8-20/h1-11,18H,12-17H2,(H,28,32). The van der Waals surface area contributed by atoms with Gasteiger partial charge in [0.25, 0.3) is 5.91 Å². The third-order valence-corrected chi connectivity index (χ3v) is 7.18. The minimum absolute atomic E-state index is 0.0940. The second kappa shape index (κ2) is 10.4. The highest BCUT2D eigenvalue weighted by atomic mass is 35.5. The molecular weight excluding hydrogens is 468 g/mol. The normalized spacial score (nSPS) is 14.3. The second-order valence-corrected chi connectivity index (χ2v) is 9.53. The van der Waals surface area contributed by atoms with Crippen LogP contribution >= 0.6 is 22.9 Å². The van der Waals surface area contributed by atoms with Gasteiger partial charge in [-0.05, 0) is 42.5 Å². The molecule has 0 spiro atoms. The topological polar surface area (TPSA) is 57.7 Å². The number of carbonyl (C=O) groups excluding carboxylic acids is 1. The molecule has 0 radical (unpaired) electrons. The number of piperazine rings is 1. The first-order valence-electron chi connectivity index (χ1n) is 11.3. The molecule has 8 heteroatoms. The minimum Gasteiger partial charge on any atom is -0.457 e. The van der Waals surface area contributed by atoms with Gasteiger partial charge >= 0.3 is 0 Å². The summed E-state index contributed by atoms with van der Waals surface area (Å²) in [4.78, 5) is 22.1. The van der Waals surface area contributed by atoms with Gasteiger partial charge in [0.15, 0.2) is 5.13 Å². The van der Waals surface area contributed by atoms with Crippen LogP contribution in [0.2, 0.25) is 5.02 Å². The summed E-state index contributed by atoms with van der Waals surface area (Å²) in [5.41, 5.74) is 1.47. The van der Waals surface area contributed by atoms with Crippen molar-refractivity contribution in [3.05, 3.63) is 83.4 Å². The Morgan fingerprint density at radius 2 is 1.74 bits per heavy atom. The number of carbonyl (C=O) groups is 1. The predicted molar refractivity (Wildman–Crippen MR) is 139 cm³/mol. The molecule has 1 aromatic heterocycles. The number of nitrogens with one attached hydrogen (secondary N) is 1. The average Bonchev–Trinajstić information content (AvgIpc) is 3.31. The Kier molecular flexibility index (Phi) is 6.94. The maximum absolute atomic E-state index is 12.6. The van der Waals surface area contributed by atoms with Crippen molar-refractivity contribution in [2.45, 2.75) is 0 Å². The lowest BCUT2D eigenvalue weighted by Gasteiger charge is -2.34. The van der Waals surface area contributed by atoms with Crippen LogP contribution in [0.3, 0.4) is 0 Å². The van der Waals surface area contributed by atoms with Crippen molar-refractivity contribution in [1.82, 2.24) is 15.2 Å². The molecule has 0 saturated carbocycles. The van der Waals surface area contributed by atoms with Gasteiger partial charge in [0.1, 0.15) is 17.0 Å². The van der Waals surface area contributed by atoms with E-state index in [1.165, 1.54) is 0 Å². The van der Waals surface area contributed by atoms with Crippen molar-refractivity contribution < 1.29 is 9.53 Å². The molecule has 1 saturated heterocycles. The van der Waals surface area contributed by atoms with Gasteiger partial charge in [-0.25, -0.2) is 4.98 Å². The number of ether oxygens (including phenoxy) is 1. The van der Waals surface area contributed by atoms with Crippen LogP contribution in [0.25, 0.3) is 10.2 Å². The molecule has 1 aliphatic heterocycles. The first kappa shape index (κ1) is 22.7. The Balaban J connectivity index is 1.09. The molecule has 0 atom stereocenters. The number of halogens is 1. The first-order chi connectivity index (χ1) is 16.7. The van der Waals surface area contributed by atoms with Crippen molar-refractivity contribution >= 4 is 44.2 Å². The third kappa shape index (κ3) is 5.33. The van der Waals surface area contributed by atoms with Gasteiger partial charge in [0.2, 0.25) is 0 Å². The molecule has 5 rings (SSSR count). The lowest BCUT2D eigenvalue weighted by molar-refractivity contribution is 0.0947. The van der Waals surface area contributed by atoms with Gasteiger partial charge in [-0.3, -0.25) is 9.69 Å². The summed E-state index contributed by atoms with van der Waals surface area (Å²) in [5, 5.41) is 4.75. The van der Waals surface area contributed by atoms with E-state index in [0.29, 0.717) is 22.9 Å². The van der Waals surface area contributed by atoms with Gasteiger partial charge < -0.3 is 15.0 Å². The zero-order valence-corrected chi connectivity index (χ0v) is 20.2. The summed E-state index contributed by atoms with van der Waals surface area (Å²) in [7, 11) is 0. The van der Waals surface area contributed by atoms with Crippen molar-refractivity contribution in [2.24, 2.45) is 0 Å². The maximum atomic E-state index is 12.6. The van der Waals surface area contributed by atoms with Crippen LogP contribution in [0.5, 0.6) is 11.5 Å². The van der Waals surface area contributed by atoms with Crippen LogP contribution in [-0.2, 0) is 0 Å². The van der Waals surface area contributed by atoms with E-state index in [1.54, 1.807) is 23.5 Å². The highest BCUT2D eigenvalue weighted by Gasteiger charge is 2.20. The number of fused-ring (bicyclic) bond motifs is 1. The van der Waals surface area contributed by atoms with Crippen LogP contribution < -0.4 is 15.0 Å². The van der Waals surface area contributed by atoms with Gasteiger partial charge in [0, 0.05) is 44.8 Å². The monoisotopic (exact) mass is 492 g/mol. The fraction of sp³-hybridized carbons (Fsp3) is 0.231. The van der Waals surface area contributed by atoms with Gasteiger partial charge in [0.05, 0.1) is 9.72 Å². The van der Waals surface area contributed by atoms with E-state index in [1.807, 2.05) is 54.6 Å². The van der Waals surface area contributed by atoms with E-state index < -0.39 is 0 Å². The molecule has 3 aromatic carbocycles. The molecule has 1 amide bonds. The van der Waals surface area contributed by atoms with Gasteiger partial charge in [-0.2, -0.15) is 0 Å². The van der Waals surface area contributed by atoms with Crippen LogP contribution in [0, 0.1) is 0 Å². The number of nitrogens with zero attached hydrogens (tertiary/aromatic N) is 3. The Hall–Kier alpha value is -3.13. The number of para-hydroxylation sites is 2. The highest BCUT2D eigenvalue weighted by molar-refractivity contribution is 7.22. The zero-order valence-electron chi connectivity index (χ0n) is 18.6. The Bertz CT molecular complexity index is 1270. The van der Waals surface area contributed by atoms with Crippen molar-refractivity contribution in [3.63, 3.8) is 0 Å². The van der Waals surface area contributed by atoms with E-state index in [-0.39, 0.29) is 5.91 Å². The molecule has 0 unspecified atom stereocenters. The number of rotatable bonds is 7. The summed E-state index contributed by atoms with van der Waals surface area (Å²) in [6.07, 6.45) is 0. The molecule has 6 nitrogen and oxygen atoms in total. The van der Waals surface area contributed by atoms with Crippen molar-refractivity contribution in [3.8, 4) is 11.5 Å². The number of hydrogen-bond donors (Lipinski definition) is 1. The Labute approximate surface area is 207 Å². The molecule has 34 heavy (non-hydrogen) atoms. The molecule has 4 aromatic rings. The van der Waals surface area contributed by atoms with Crippen molar-refractivity contribution in [1.29, 1.82) is 0 Å². The van der Waals surface area contributed by atoms with E-state index in [2.05, 4.69) is 21.2 Å². The molecular formula is C26H25ClN4O2S. The summed E-state index contributed by atoms with van der Waals surface area (Å²) >= 11 is 7.97. The van der Waals surface area contributed by atoms with E-state index in [4.69, 9.17) is 21.3 Å². The molecule has 1 aliphatic rings. The smallest absolute Gasteiger partial charge is 0.251 e. The first-order valence-corrected chi connectivity index (χ1v) is 12.5. The fourth-order valence-corrected chi connectivity index (χ4v) is 5.27. The van der Waals surface area contributed by atoms with E-state index in [9.17, 15) is 4.79 Å². The predicted octanol–water partition coefficient (Wildman–Crippen LogP) is 5.29. The van der Waals surface area contributed by atoms with Crippen LogP contribution in [0.15, 0.2) is 72.8 Å². The summed E-state index contributed by atoms with van der Waals surface area (Å²) in [6.45, 7) is 5.08. The van der Waals surface area contributed by atoms with E-state index in [0.717, 1.165) is 53.8 Å². The van der Waals surface area contributed by atoms with Crippen LogP contribution in [0.4, 0.5) is 5.13 Å². The lowest BCUT2D eigenvalue weighted by Crippen LogP contribution is -2.48. The Morgan fingerprint density at radius 3 is 2.53 bits per heavy atom. The third-order valence-electron chi connectivity index (χ3n) is 5.79. The molecule has 1 fully saturated rings. The minimum atomic E-state index is -0.0940. The molecule has 1 N–H and O–H groups in total. The Morgan fingerprint density at radius 1 is 0.971 bits per heavy atom. The lowest BCUT2D eigenvalue weighted by atomic mass is 10.2.